The highest BCUT2D eigenvalue weighted by atomic mass is 79.9. The van der Waals surface area contributed by atoms with Crippen molar-refractivity contribution in [1.29, 1.82) is 0 Å². The number of amides is 2. The number of nitrogens with one attached hydrogen (secondary N) is 1. The number of likely N-dealkylation sites (tertiary alicyclic amines) is 2. The zero-order chi connectivity index (χ0) is 18.5. The molecule has 1 aromatic carbocycles. The number of nitrogens with zero attached hydrogens (tertiary/aromatic N) is 2. The molecule has 2 aliphatic rings. The molecule has 5 nitrogen and oxygen atoms in total. The van der Waals surface area contributed by atoms with Gasteiger partial charge in [0.1, 0.15) is 6.04 Å². The van der Waals surface area contributed by atoms with Crippen LogP contribution in [0.15, 0.2) is 28.7 Å². The Morgan fingerprint density at radius 2 is 1.88 bits per heavy atom. The van der Waals surface area contributed by atoms with E-state index in [-0.39, 0.29) is 17.9 Å². The van der Waals surface area contributed by atoms with Crippen LogP contribution in [0.4, 0.5) is 0 Å². The second-order valence-corrected chi connectivity index (χ2v) is 8.42. The molecule has 6 heteroatoms. The SMILES string of the molecule is CC1CCCN(CCNC(=O)C2CCCN2C(=O)c2ccc(Br)cc2)C1. The first kappa shape index (κ1) is 19.4. The standard InChI is InChI=1S/C20H28BrN3O2/c1-15-4-2-11-23(14-15)13-10-22-19(25)18-5-3-12-24(18)20(26)16-6-8-17(21)9-7-16/h6-9,15,18H,2-5,10-14H2,1H3,(H,22,25). The number of rotatable bonds is 5. The van der Waals surface area contributed by atoms with Gasteiger partial charge in [0.15, 0.2) is 0 Å². The first-order valence-electron chi connectivity index (χ1n) is 9.61. The molecule has 142 valence electrons. The fourth-order valence-electron chi connectivity index (χ4n) is 3.99. The maximum absolute atomic E-state index is 12.8. The number of benzene rings is 1. The summed E-state index contributed by atoms with van der Waals surface area (Å²) in [6.07, 6.45) is 4.17. The van der Waals surface area contributed by atoms with E-state index in [0.29, 0.717) is 18.7 Å². The van der Waals surface area contributed by atoms with Gasteiger partial charge < -0.3 is 15.1 Å². The monoisotopic (exact) mass is 421 g/mol. The van der Waals surface area contributed by atoms with Gasteiger partial charge in [-0.3, -0.25) is 9.59 Å². The summed E-state index contributed by atoms with van der Waals surface area (Å²) in [5.41, 5.74) is 0.634. The molecular weight excluding hydrogens is 394 g/mol. The van der Waals surface area contributed by atoms with Crippen molar-refractivity contribution < 1.29 is 9.59 Å². The number of piperidine rings is 1. The number of halogens is 1. The molecule has 2 atom stereocenters. The Morgan fingerprint density at radius 3 is 2.62 bits per heavy atom. The molecule has 0 spiro atoms. The minimum absolute atomic E-state index is 0.0157. The summed E-state index contributed by atoms with van der Waals surface area (Å²) < 4.78 is 0.941. The van der Waals surface area contributed by atoms with Crippen molar-refractivity contribution in [2.45, 2.75) is 38.6 Å². The Morgan fingerprint density at radius 1 is 1.15 bits per heavy atom. The molecule has 0 radical (unpaired) electrons. The summed E-state index contributed by atoms with van der Waals surface area (Å²) in [4.78, 5) is 29.5. The van der Waals surface area contributed by atoms with Crippen molar-refractivity contribution in [2.24, 2.45) is 5.92 Å². The third kappa shape index (κ3) is 4.86. The summed E-state index contributed by atoms with van der Waals surface area (Å²) in [5, 5.41) is 3.05. The van der Waals surface area contributed by atoms with E-state index in [9.17, 15) is 9.59 Å². The molecule has 0 bridgehead atoms. The van der Waals surface area contributed by atoms with Gasteiger partial charge in [-0.15, -0.1) is 0 Å². The van der Waals surface area contributed by atoms with E-state index in [0.717, 1.165) is 42.9 Å². The molecule has 0 saturated carbocycles. The molecule has 0 aliphatic carbocycles. The average molecular weight is 422 g/mol. The zero-order valence-corrected chi connectivity index (χ0v) is 17.0. The van der Waals surface area contributed by atoms with Crippen molar-refractivity contribution in [3.63, 3.8) is 0 Å². The normalized spacial score (nSPS) is 23.8. The van der Waals surface area contributed by atoms with Crippen LogP contribution in [0.1, 0.15) is 43.0 Å². The second-order valence-electron chi connectivity index (χ2n) is 7.50. The number of carbonyl (C=O) groups is 2. The van der Waals surface area contributed by atoms with E-state index in [1.54, 1.807) is 17.0 Å². The molecule has 2 unspecified atom stereocenters. The average Bonchev–Trinajstić information content (AvgIpc) is 3.11. The van der Waals surface area contributed by atoms with Crippen molar-refractivity contribution in [2.75, 3.05) is 32.7 Å². The molecule has 1 aromatic rings. The lowest BCUT2D eigenvalue weighted by atomic mass is 10.0. The minimum Gasteiger partial charge on any atom is -0.353 e. The van der Waals surface area contributed by atoms with Crippen LogP contribution < -0.4 is 5.32 Å². The smallest absolute Gasteiger partial charge is 0.254 e. The Balaban J connectivity index is 1.51. The summed E-state index contributed by atoms with van der Waals surface area (Å²) in [6.45, 7) is 6.72. The van der Waals surface area contributed by atoms with Crippen LogP contribution in [-0.4, -0.2) is 60.4 Å². The van der Waals surface area contributed by atoms with Crippen LogP contribution in [0.3, 0.4) is 0 Å². The van der Waals surface area contributed by atoms with E-state index in [2.05, 4.69) is 33.1 Å². The van der Waals surface area contributed by atoms with Crippen LogP contribution in [0.2, 0.25) is 0 Å². The minimum atomic E-state index is -0.341. The fourth-order valence-corrected chi connectivity index (χ4v) is 4.25. The summed E-state index contributed by atoms with van der Waals surface area (Å²) in [7, 11) is 0. The molecule has 0 aromatic heterocycles. The maximum atomic E-state index is 12.8. The van der Waals surface area contributed by atoms with Crippen LogP contribution in [0.5, 0.6) is 0 Å². The maximum Gasteiger partial charge on any atom is 0.254 e. The Labute approximate surface area is 164 Å². The molecule has 3 rings (SSSR count). The van der Waals surface area contributed by atoms with E-state index in [1.165, 1.54) is 12.8 Å². The number of hydrogen-bond acceptors (Lipinski definition) is 3. The van der Waals surface area contributed by atoms with Gasteiger partial charge in [0.05, 0.1) is 0 Å². The van der Waals surface area contributed by atoms with E-state index in [1.807, 2.05) is 12.1 Å². The van der Waals surface area contributed by atoms with Crippen molar-refractivity contribution in [3.05, 3.63) is 34.3 Å². The quantitative estimate of drug-likeness (QED) is 0.794. The topological polar surface area (TPSA) is 52.7 Å². The Hall–Kier alpha value is -1.40. The van der Waals surface area contributed by atoms with Gasteiger partial charge in [0.2, 0.25) is 5.91 Å². The van der Waals surface area contributed by atoms with Gasteiger partial charge in [-0.05, 0) is 62.4 Å². The Kier molecular flexibility index (Phi) is 6.70. The predicted octanol–water partition coefficient (Wildman–Crippen LogP) is 2.90. The molecule has 26 heavy (non-hydrogen) atoms. The van der Waals surface area contributed by atoms with Gasteiger partial charge in [-0.1, -0.05) is 22.9 Å². The lowest BCUT2D eigenvalue weighted by molar-refractivity contribution is -0.124. The third-order valence-electron chi connectivity index (χ3n) is 5.38. The molecule has 2 fully saturated rings. The predicted molar refractivity (Wildman–Crippen MR) is 106 cm³/mol. The second kappa shape index (κ2) is 9.00. The van der Waals surface area contributed by atoms with Crippen LogP contribution in [-0.2, 0) is 4.79 Å². The molecule has 2 amide bonds. The van der Waals surface area contributed by atoms with Gasteiger partial charge >= 0.3 is 0 Å². The molecule has 2 heterocycles. The van der Waals surface area contributed by atoms with E-state index >= 15 is 0 Å². The number of hydrogen-bond donors (Lipinski definition) is 1. The molecule has 2 saturated heterocycles. The highest BCUT2D eigenvalue weighted by molar-refractivity contribution is 9.10. The van der Waals surface area contributed by atoms with Crippen molar-refractivity contribution >= 4 is 27.7 Å². The lowest BCUT2D eigenvalue weighted by Gasteiger charge is -2.31. The fraction of sp³-hybridized carbons (Fsp3) is 0.600. The third-order valence-corrected chi connectivity index (χ3v) is 5.90. The zero-order valence-electron chi connectivity index (χ0n) is 15.4. The van der Waals surface area contributed by atoms with Crippen LogP contribution in [0.25, 0.3) is 0 Å². The first-order chi connectivity index (χ1) is 12.5. The van der Waals surface area contributed by atoms with Crippen LogP contribution in [0, 0.1) is 5.92 Å². The summed E-state index contributed by atoms with van der Waals surface area (Å²) in [6, 6.07) is 6.98. The molecule has 2 aliphatic heterocycles. The van der Waals surface area contributed by atoms with Crippen molar-refractivity contribution in [1.82, 2.24) is 15.1 Å². The van der Waals surface area contributed by atoms with Gasteiger partial charge in [0.25, 0.3) is 5.91 Å². The van der Waals surface area contributed by atoms with Crippen molar-refractivity contribution in [3.8, 4) is 0 Å². The Bertz CT molecular complexity index is 634. The van der Waals surface area contributed by atoms with E-state index < -0.39 is 0 Å². The van der Waals surface area contributed by atoms with Gasteiger partial charge in [-0.25, -0.2) is 0 Å². The molecular formula is C20H28BrN3O2. The number of carbonyl (C=O) groups excluding carboxylic acids is 2. The molecule has 1 N–H and O–H groups in total. The van der Waals surface area contributed by atoms with Gasteiger partial charge in [-0.2, -0.15) is 0 Å². The van der Waals surface area contributed by atoms with Gasteiger partial charge in [0, 0.05) is 36.2 Å². The lowest BCUT2D eigenvalue weighted by Crippen LogP contribution is -2.48. The van der Waals surface area contributed by atoms with Crippen LogP contribution >= 0.6 is 15.9 Å². The highest BCUT2D eigenvalue weighted by Gasteiger charge is 2.34. The summed E-state index contributed by atoms with van der Waals surface area (Å²) in [5.74, 6) is 0.673. The summed E-state index contributed by atoms with van der Waals surface area (Å²) >= 11 is 3.39. The van der Waals surface area contributed by atoms with E-state index in [4.69, 9.17) is 0 Å². The highest BCUT2D eigenvalue weighted by Crippen LogP contribution is 2.21. The largest absolute Gasteiger partial charge is 0.353 e. The first-order valence-corrected chi connectivity index (χ1v) is 10.4.